The van der Waals surface area contributed by atoms with E-state index >= 15 is 0 Å². The van der Waals surface area contributed by atoms with Gasteiger partial charge in [0.25, 0.3) is 0 Å². The Balaban J connectivity index is 6.19. The zero-order valence-electron chi connectivity index (χ0n) is 13.9. The van der Waals surface area contributed by atoms with Gasteiger partial charge in [0.05, 0.1) is 19.6 Å². The van der Waals surface area contributed by atoms with Gasteiger partial charge in [-0.2, -0.15) is 43.9 Å². The highest BCUT2D eigenvalue weighted by molar-refractivity contribution is 5.09. The summed E-state index contributed by atoms with van der Waals surface area (Å²) in [4.78, 5) is 0. The van der Waals surface area contributed by atoms with Crippen molar-refractivity contribution in [3.63, 3.8) is 0 Å². The molecule has 13 heteroatoms. The number of rotatable bonds is 10. The molecule has 0 spiro atoms. The van der Waals surface area contributed by atoms with Gasteiger partial charge in [0.1, 0.15) is 6.54 Å². The molecule has 0 radical (unpaired) electrons. The van der Waals surface area contributed by atoms with Gasteiger partial charge >= 0.3 is 36.0 Å². The van der Waals surface area contributed by atoms with Crippen LogP contribution in [0.15, 0.2) is 0 Å². The molecule has 0 atom stereocenters. The Labute approximate surface area is 141 Å². The number of alkyl halides is 12. The molecule has 0 saturated heterocycles. The maximum atomic E-state index is 13.9. The molecule has 0 aliphatic heterocycles. The molecule has 0 fully saturated rings. The Morgan fingerprint density at radius 2 is 0.962 bits per heavy atom. The van der Waals surface area contributed by atoms with E-state index in [4.69, 9.17) is 0 Å². The molecular weight excluding hydrogens is 398 g/mol. The zero-order chi connectivity index (χ0) is 21.4. The first kappa shape index (κ1) is 25.1. The molecule has 0 aromatic carbocycles. The van der Waals surface area contributed by atoms with E-state index in [-0.39, 0.29) is 19.6 Å². The Morgan fingerprint density at radius 1 is 0.615 bits per heavy atom. The van der Waals surface area contributed by atoms with Crippen LogP contribution in [0.1, 0.15) is 20.8 Å². The fraction of sp³-hybridized carbons (Fsp3) is 1.00. The van der Waals surface area contributed by atoms with Crippen LogP contribution in [0.3, 0.4) is 0 Å². The van der Waals surface area contributed by atoms with Crippen LogP contribution in [-0.2, 0) is 0 Å². The van der Waals surface area contributed by atoms with E-state index in [1.54, 1.807) is 0 Å². The molecular formula is C13H18F12N+. The highest BCUT2D eigenvalue weighted by Crippen LogP contribution is 2.58. The topological polar surface area (TPSA) is 0 Å². The predicted octanol–water partition coefficient (Wildman–Crippen LogP) is 5.30. The second-order valence-electron chi connectivity index (χ2n) is 5.80. The maximum absolute atomic E-state index is 13.9. The third kappa shape index (κ3) is 3.59. The Hall–Kier alpha value is -0.880. The smallest absolute Gasteiger partial charge is 0.319 e. The monoisotopic (exact) mass is 416 g/mol. The summed E-state index contributed by atoms with van der Waals surface area (Å²) in [5.74, 6) is -34.7. The van der Waals surface area contributed by atoms with Crippen molar-refractivity contribution in [1.82, 2.24) is 0 Å². The summed E-state index contributed by atoms with van der Waals surface area (Å²) in [5, 5.41) is 0. The van der Waals surface area contributed by atoms with Crippen molar-refractivity contribution in [2.45, 2.75) is 56.8 Å². The van der Waals surface area contributed by atoms with Crippen molar-refractivity contribution in [3.8, 4) is 0 Å². The molecule has 0 aromatic rings. The van der Waals surface area contributed by atoms with Gasteiger partial charge in [-0.05, 0) is 20.8 Å². The predicted molar refractivity (Wildman–Crippen MR) is 67.5 cm³/mol. The third-order valence-electron chi connectivity index (χ3n) is 4.49. The number of quaternary nitrogens is 1. The van der Waals surface area contributed by atoms with Crippen molar-refractivity contribution in [3.05, 3.63) is 0 Å². The largest absolute Gasteiger partial charge is 0.384 e. The molecule has 0 aromatic heterocycles. The van der Waals surface area contributed by atoms with Gasteiger partial charge in [0, 0.05) is 0 Å². The van der Waals surface area contributed by atoms with Crippen LogP contribution in [0.5, 0.6) is 0 Å². The first-order chi connectivity index (χ1) is 11.3. The fourth-order valence-electron chi connectivity index (χ4n) is 2.30. The SMILES string of the molecule is CC[N+](CC)(CC)CC(F)(F)C(F)(F)C(F)(F)C(F)(F)C(F)(F)C(F)F. The summed E-state index contributed by atoms with van der Waals surface area (Å²) in [6.45, 7) is 0.779. The number of hydrogen-bond acceptors (Lipinski definition) is 0. The molecule has 158 valence electrons. The standard InChI is InChI=1S/C13H18F12N/c1-4-26(5-2,6-3)7-9(16,17)11(20,21)13(24,25)12(22,23)10(18,19)8(14)15/h8H,4-7H2,1-3H3/q+1. The second kappa shape index (κ2) is 7.27. The van der Waals surface area contributed by atoms with Gasteiger partial charge in [-0.1, -0.05) is 0 Å². The Kier molecular flexibility index (Phi) is 7.02. The first-order valence-electron chi connectivity index (χ1n) is 7.35. The van der Waals surface area contributed by atoms with Crippen molar-refractivity contribution in [2.75, 3.05) is 26.2 Å². The lowest BCUT2D eigenvalue weighted by atomic mass is 9.93. The molecule has 26 heavy (non-hydrogen) atoms. The number of hydrogen-bond donors (Lipinski definition) is 0. The van der Waals surface area contributed by atoms with Gasteiger partial charge in [-0.3, -0.25) is 0 Å². The van der Waals surface area contributed by atoms with E-state index in [1.807, 2.05) is 0 Å². The van der Waals surface area contributed by atoms with Gasteiger partial charge in [-0.25, -0.2) is 8.78 Å². The molecule has 0 unspecified atom stereocenters. The lowest BCUT2D eigenvalue weighted by Crippen LogP contribution is -2.71. The van der Waals surface area contributed by atoms with E-state index in [0.29, 0.717) is 0 Å². The van der Waals surface area contributed by atoms with Crippen molar-refractivity contribution < 1.29 is 57.2 Å². The van der Waals surface area contributed by atoms with E-state index in [1.165, 1.54) is 20.8 Å². The third-order valence-corrected chi connectivity index (χ3v) is 4.49. The summed E-state index contributed by atoms with van der Waals surface area (Å²) in [6.07, 6.45) is -5.48. The molecule has 1 nitrogen and oxygen atoms in total. The molecule has 0 bridgehead atoms. The quantitative estimate of drug-likeness (QED) is 0.335. The maximum Gasteiger partial charge on any atom is 0.384 e. The molecule has 0 N–H and O–H groups in total. The minimum Gasteiger partial charge on any atom is -0.319 e. The summed E-state index contributed by atoms with van der Waals surface area (Å²) in [6, 6.07) is 0. The number of nitrogens with zero attached hydrogens (tertiary/aromatic N) is 1. The molecule has 0 rings (SSSR count). The summed E-state index contributed by atoms with van der Waals surface area (Å²) >= 11 is 0. The van der Waals surface area contributed by atoms with Gasteiger partial charge in [0.15, 0.2) is 0 Å². The van der Waals surface area contributed by atoms with Gasteiger partial charge < -0.3 is 4.48 Å². The summed E-state index contributed by atoms with van der Waals surface area (Å²) < 4.78 is 157. The van der Waals surface area contributed by atoms with Crippen LogP contribution in [0, 0.1) is 0 Å². The molecule has 0 aliphatic carbocycles. The lowest BCUT2D eigenvalue weighted by Gasteiger charge is -2.43. The van der Waals surface area contributed by atoms with E-state index < -0.39 is 47.1 Å². The van der Waals surface area contributed by atoms with E-state index in [2.05, 4.69) is 0 Å². The van der Waals surface area contributed by atoms with Crippen molar-refractivity contribution >= 4 is 0 Å². The van der Waals surface area contributed by atoms with Crippen LogP contribution in [0.25, 0.3) is 0 Å². The Morgan fingerprint density at radius 3 is 1.23 bits per heavy atom. The molecule has 0 saturated carbocycles. The van der Waals surface area contributed by atoms with Gasteiger partial charge in [-0.15, -0.1) is 0 Å². The van der Waals surface area contributed by atoms with Crippen molar-refractivity contribution in [2.24, 2.45) is 0 Å². The second-order valence-corrected chi connectivity index (χ2v) is 5.80. The van der Waals surface area contributed by atoms with Crippen LogP contribution in [0.2, 0.25) is 0 Å². The average Bonchev–Trinajstić information content (AvgIpc) is 2.51. The molecule has 0 heterocycles. The minimum atomic E-state index is -7.45. The number of halogens is 12. The fourth-order valence-corrected chi connectivity index (χ4v) is 2.30. The highest BCUT2D eigenvalue weighted by Gasteiger charge is 2.88. The first-order valence-corrected chi connectivity index (χ1v) is 7.35. The zero-order valence-corrected chi connectivity index (χ0v) is 13.9. The van der Waals surface area contributed by atoms with Crippen LogP contribution >= 0.6 is 0 Å². The Bertz CT molecular complexity index is 461. The van der Waals surface area contributed by atoms with Crippen molar-refractivity contribution in [1.29, 1.82) is 0 Å². The normalized spacial score (nSPS) is 15.7. The summed E-state index contributed by atoms with van der Waals surface area (Å²) in [5.41, 5.74) is 0. The average molecular weight is 416 g/mol. The van der Waals surface area contributed by atoms with Crippen LogP contribution in [-0.4, -0.2) is 66.7 Å². The van der Waals surface area contributed by atoms with Crippen LogP contribution < -0.4 is 0 Å². The van der Waals surface area contributed by atoms with E-state index in [0.717, 1.165) is 0 Å². The molecule has 0 aliphatic rings. The van der Waals surface area contributed by atoms with E-state index in [9.17, 15) is 52.7 Å². The summed E-state index contributed by atoms with van der Waals surface area (Å²) in [7, 11) is 0. The highest BCUT2D eigenvalue weighted by atomic mass is 19.4. The lowest BCUT2D eigenvalue weighted by molar-refractivity contribution is -0.931. The van der Waals surface area contributed by atoms with Gasteiger partial charge in [0.2, 0.25) is 0 Å². The van der Waals surface area contributed by atoms with Crippen LogP contribution in [0.4, 0.5) is 52.7 Å². The molecule has 0 amide bonds. The minimum absolute atomic E-state index is 0.284.